The Hall–Kier alpha value is -1.34. The smallest absolute Gasteiger partial charge is 0.137 e. The van der Waals surface area contributed by atoms with Gasteiger partial charge in [-0.05, 0) is 5.53 Å². The average molecular weight is 450 g/mol. The summed E-state index contributed by atoms with van der Waals surface area (Å²) < 4.78 is 26.8. The highest BCUT2D eigenvalue weighted by Gasteiger charge is 2.42. The molecule has 12 nitrogen and oxygen atoms in total. The fourth-order valence-corrected chi connectivity index (χ4v) is 2.99. The van der Waals surface area contributed by atoms with Gasteiger partial charge in [0, 0.05) is 30.2 Å². The zero-order chi connectivity index (χ0) is 22.9. The van der Waals surface area contributed by atoms with E-state index in [1.807, 2.05) is 0 Å². The molecule has 12 heteroatoms. The number of carbonyl (C=O) groups is 1. The highest BCUT2D eigenvalue weighted by Crippen LogP contribution is 2.28. The van der Waals surface area contributed by atoms with Crippen molar-refractivity contribution in [2.75, 3.05) is 66.0 Å². The van der Waals surface area contributed by atoms with Gasteiger partial charge >= 0.3 is 0 Å². The van der Waals surface area contributed by atoms with Crippen LogP contribution in [0.2, 0.25) is 0 Å². The molecule has 0 amide bonds. The summed E-state index contributed by atoms with van der Waals surface area (Å²) in [6, 6.07) is 0. The first-order valence-electron chi connectivity index (χ1n) is 10.5. The third kappa shape index (κ3) is 11.7. The van der Waals surface area contributed by atoms with Gasteiger partial charge in [0.25, 0.3) is 0 Å². The van der Waals surface area contributed by atoms with Crippen molar-refractivity contribution in [3.05, 3.63) is 10.4 Å². The molecule has 1 rings (SSSR count). The van der Waals surface area contributed by atoms with E-state index in [1.165, 1.54) is 0 Å². The van der Waals surface area contributed by atoms with Gasteiger partial charge in [0.2, 0.25) is 0 Å². The zero-order valence-electron chi connectivity index (χ0n) is 18.0. The first-order valence-corrected chi connectivity index (χ1v) is 10.5. The van der Waals surface area contributed by atoms with Gasteiger partial charge in [0.05, 0.1) is 71.7 Å². The van der Waals surface area contributed by atoms with Gasteiger partial charge in [0.15, 0.2) is 0 Å². The van der Waals surface area contributed by atoms with Crippen LogP contribution in [0.25, 0.3) is 10.4 Å². The summed E-state index contributed by atoms with van der Waals surface area (Å²) in [5.74, 6) is -0.490. The largest absolute Gasteiger partial charge is 0.394 e. The monoisotopic (exact) mass is 449 g/mol. The van der Waals surface area contributed by atoms with Crippen molar-refractivity contribution in [1.82, 2.24) is 0 Å². The topological polar surface area (TPSA) is 173 Å². The van der Waals surface area contributed by atoms with E-state index in [0.717, 1.165) is 0 Å². The van der Waals surface area contributed by atoms with Gasteiger partial charge in [-0.3, -0.25) is 4.79 Å². The van der Waals surface area contributed by atoms with Crippen LogP contribution in [0.3, 0.4) is 0 Å². The molecule has 0 spiro atoms. The second kappa shape index (κ2) is 17.2. The second-order valence-electron chi connectivity index (χ2n) is 7.13. The van der Waals surface area contributed by atoms with E-state index in [4.69, 9.17) is 29.2 Å². The highest BCUT2D eigenvalue weighted by atomic mass is 16.6. The third-order valence-electron chi connectivity index (χ3n) is 4.85. The quantitative estimate of drug-likeness (QED) is 0.111. The minimum absolute atomic E-state index is 0.0758. The molecule has 3 N–H and O–H groups in total. The number of nitrogens with zero attached hydrogens (tertiary/aromatic N) is 3. The molecule has 0 radical (unpaired) electrons. The van der Waals surface area contributed by atoms with Crippen LogP contribution >= 0.6 is 0 Å². The summed E-state index contributed by atoms with van der Waals surface area (Å²) >= 11 is 0. The Morgan fingerprint density at radius 2 is 1.48 bits per heavy atom. The molecule has 0 saturated carbocycles. The summed E-state index contributed by atoms with van der Waals surface area (Å²) in [7, 11) is 0. The summed E-state index contributed by atoms with van der Waals surface area (Å²) in [4.78, 5) is 14.7. The van der Waals surface area contributed by atoms with Crippen LogP contribution in [0.15, 0.2) is 5.11 Å². The maximum Gasteiger partial charge on any atom is 0.137 e. The molecule has 0 aromatic carbocycles. The number of Topliss-reactive ketones (excluding diaryl/α,β-unsaturated/α-hetero) is 1. The minimum Gasteiger partial charge on any atom is -0.394 e. The molecule has 5 atom stereocenters. The van der Waals surface area contributed by atoms with E-state index >= 15 is 0 Å². The van der Waals surface area contributed by atoms with Gasteiger partial charge < -0.3 is 39.0 Å². The number of hydrogen-bond acceptors (Lipinski definition) is 10. The fourth-order valence-electron chi connectivity index (χ4n) is 2.99. The third-order valence-corrected chi connectivity index (χ3v) is 4.85. The Bertz CT molecular complexity index is 532. The van der Waals surface area contributed by atoms with Crippen molar-refractivity contribution < 1.29 is 43.8 Å². The van der Waals surface area contributed by atoms with Crippen LogP contribution in [0.4, 0.5) is 0 Å². The molecule has 0 bridgehead atoms. The molecule has 31 heavy (non-hydrogen) atoms. The number of ether oxygens (including phenoxy) is 5. The Kier molecular flexibility index (Phi) is 15.4. The Morgan fingerprint density at radius 1 is 0.935 bits per heavy atom. The lowest BCUT2D eigenvalue weighted by Crippen LogP contribution is -2.55. The van der Waals surface area contributed by atoms with E-state index in [1.54, 1.807) is 6.92 Å². The van der Waals surface area contributed by atoms with E-state index in [-0.39, 0.29) is 25.2 Å². The maximum atomic E-state index is 12.1. The second-order valence-corrected chi connectivity index (χ2v) is 7.13. The van der Waals surface area contributed by atoms with Crippen LogP contribution < -0.4 is 0 Å². The van der Waals surface area contributed by atoms with Gasteiger partial charge in [-0.2, -0.15) is 0 Å². The normalized spacial score (nSPS) is 25.9. The van der Waals surface area contributed by atoms with Crippen LogP contribution in [0.1, 0.15) is 19.8 Å². The van der Waals surface area contributed by atoms with Gasteiger partial charge in [0.1, 0.15) is 18.0 Å². The number of ketones is 1. The summed E-state index contributed by atoms with van der Waals surface area (Å²) in [5.41, 5.74) is 8.10. The lowest BCUT2D eigenvalue weighted by Gasteiger charge is -2.41. The lowest BCUT2D eigenvalue weighted by molar-refractivity contribution is -0.206. The van der Waals surface area contributed by atoms with Crippen molar-refractivity contribution in [3.63, 3.8) is 0 Å². The van der Waals surface area contributed by atoms with Gasteiger partial charge in [-0.25, -0.2) is 0 Å². The molecule has 180 valence electrons. The summed E-state index contributed by atoms with van der Waals surface area (Å²) in [6.45, 7) is 4.62. The number of azide groups is 1. The average Bonchev–Trinajstić information content (AvgIpc) is 2.76. The van der Waals surface area contributed by atoms with E-state index in [9.17, 15) is 20.1 Å². The SMILES string of the molecule is CC1C(CC(=O)CCOCCOCCOCCOCCN=[N+]=[N-])OC(CO)C(O)C1O. The van der Waals surface area contributed by atoms with E-state index in [2.05, 4.69) is 10.0 Å². The predicted molar refractivity (Wildman–Crippen MR) is 108 cm³/mol. The zero-order valence-corrected chi connectivity index (χ0v) is 18.0. The Labute approximate surface area is 182 Å². The molecule has 0 aliphatic carbocycles. The van der Waals surface area contributed by atoms with Crippen molar-refractivity contribution >= 4 is 5.78 Å². The Morgan fingerprint density at radius 3 is 2.03 bits per heavy atom. The number of rotatable bonds is 18. The molecule has 1 aliphatic heterocycles. The molecule has 1 fully saturated rings. The van der Waals surface area contributed by atoms with Crippen LogP contribution in [0.5, 0.6) is 0 Å². The first kappa shape index (κ1) is 27.7. The van der Waals surface area contributed by atoms with Crippen LogP contribution in [-0.2, 0) is 28.5 Å². The van der Waals surface area contributed by atoms with Gasteiger partial charge in [-0.1, -0.05) is 12.0 Å². The number of aliphatic hydroxyl groups excluding tert-OH is 3. The molecular formula is C19H35N3O9. The Balaban J connectivity index is 1.96. The van der Waals surface area contributed by atoms with Crippen LogP contribution in [-0.4, -0.2) is 112 Å². The van der Waals surface area contributed by atoms with Crippen molar-refractivity contribution in [2.45, 2.75) is 44.2 Å². The molecule has 5 unspecified atom stereocenters. The molecule has 0 aromatic rings. The minimum atomic E-state index is -1.16. The van der Waals surface area contributed by atoms with E-state index < -0.39 is 36.9 Å². The first-order chi connectivity index (χ1) is 15.0. The highest BCUT2D eigenvalue weighted by molar-refractivity contribution is 5.79. The molecular weight excluding hydrogens is 414 g/mol. The molecule has 1 aliphatic rings. The number of carbonyl (C=O) groups excluding carboxylic acids is 1. The number of aliphatic hydroxyl groups is 3. The van der Waals surface area contributed by atoms with Crippen molar-refractivity contribution in [1.29, 1.82) is 0 Å². The fraction of sp³-hybridized carbons (Fsp3) is 0.947. The molecule has 1 saturated heterocycles. The van der Waals surface area contributed by atoms with Gasteiger partial charge in [-0.15, -0.1) is 0 Å². The van der Waals surface area contributed by atoms with Crippen molar-refractivity contribution in [2.24, 2.45) is 11.0 Å². The number of hydrogen-bond donors (Lipinski definition) is 3. The summed E-state index contributed by atoms with van der Waals surface area (Å²) in [6.07, 6.45) is -3.35. The maximum absolute atomic E-state index is 12.1. The summed E-state index contributed by atoms with van der Waals surface area (Å²) in [5, 5.41) is 32.4. The molecule has 0 aromatic heterocycles. The molecule has 1 heterocycles. The predicted octanol–water partition coefficient (Wildman–Crippen LogP) is -0.170. The van der Waals surface area contributed by atoms with Crippen molar-refractivity contribution in [3.8, 4) is 0 Å². The van der Waals surface area contributed by atoms with E-state index in [0.29, 0.717) is 52.8 Å². The van der Waals surface area contributed by atoms with Crippen LogP contribution in [0, 0.1) is 5.92 Å². The lowest BCUT2D eigenvalue weighted by atomic mass is 9.86. The standard InChI is InChI=1S/C19H35N3O9/c1-14-16(31-17(13-23)19(26)18(14)25)12-15(24)2-4-27-6-8-29-10-11-30-9-7-28-5-3-21-22-20/h14,16-19,23,25-26H,2-13H2,1H3.